The van der Waals surface area contributed by atoms with Crippen molar-refractivity contribution in [3.63, 3.8) is 0 Å². The number of carboxylic acids is 2. The molecule has 9 N–H and O–H groups in total. The molecule has 18 nitrogen and oxygen atoms in total. The molecule has 354 valence electrons. The molecule has 1 aromatic rings. The van der Waals surface area contributed by atoms with Crippen molar-refractivity contribution < 1.29 is 58.2 Å². The molecule has 10 atom stereocenters. The van der Waals surface area contributed by atoms with Crippen LogP contribution in [0.15, 0.2) is 24.3 Å². The SMILES string of the molecule is CC(C)[C@H](NC(=O)[C@H](CCC(=O)O)NC(=O)[C@@H](N)CC(=O)O)C(=O)N[C@H](C(=O)N1CCC[C@H]1C(=O)N[C@@H](CCCCc1ccc(O)cc1)B1O[C@@H]2[C@@H](C[C@@H]3C[C@@]2(C)C3(C)C)O1)C(C)C. The number of phenolic OH excluding ortho intramolecular Hbond substituents is 1. The van der Waals surface area contributed by atoms with Gasteiger partial charge in [0.2, 0.25) is 29.5 Å². The number of aromatic hydroxyl groups is 1. The van der Waals surface area contributed by atoms with Crippen molar-refractivity contribution in [2.75, 3.05) is 6.54 Å². The number of unbranched alkanes of at least 4 members (excludes halogenated alkanes) is 1. The quantitative estimate of drug-likeness (QED) is 0.0614. The molecule has 6 rings (SSSR count). The van der Waals surface area contributed by atoms with Crippen molar-refractivity contribution in [1.29, 1.82) is 0 Å². The molecule has 2 saturated heterocycles. The van der Waals surface area contributed by atoms with Gasteiger partial charge in [0.25, 0.3) is 0 Å². The second kappa shape index (κ2) is 21.0. The number of hydrogen-bond donors (Lipinski definition) is 8. The summed E-state index contributed by atoms with van der Waals surface area (Å²) >= 11 is 0. The van der Waals surface area contributed by atoms with Gasteiger partial charge in [-0.3, -0.25) is 33.6 Å². The molecule has 0 aromatic heterocycles. The molecule has 3 saturated carbocycles. The maximum Gasteiger partial charge on any atom is 0.481 e. The highest BCUT2D eigenvalue weighted by atomic mass is 16.7. The van der Waals surface area contributed by atoms with Crippen LogP contribution in [-0.4, -0.2) is 124 Å². The first-order valence-electron chi connectivity index (χ1n) is 22.8. The standard InChI is InChI=1S/C45H69BN6O12/c1-24(2)36(50-40(59)30(18-19-34(54)55)48-39(58)29(47)22-35(56)57)42(61)51-37(25(3)4)43(62)52-20-10-12-31(52)41(60)49-33(13-9-8-11-26-14-16-28(53)17-15-26)46-63-32-21-27-23-45(7,38(32)64-46)44(27,5)6/h14-17,24-25,27,29-33,36-38,53H,8-13,18-23,47H2,1-7H3,(H,48,58)(H,49,60)(H,50,59)(H,51,61)(H,54,55)(H,56,57)/t27-,29+,30+,31+,32-,33+,36+,37+,38-,45-/m1/s1. The van der Waals surface area contributed by atoms with Crippen molar-refractivity contribution in [1.82, 2.24) is 26.2 Å². The topological polar surface area (TPSA) is 276 Å². The summed E-state index contributed by atoms with van der Waals surface area (Å²) in [6.07, 6.45) is 4.04. The van der Waals surface area contributed by atoms with E-state index in [4.69, 9.17) is 20.1 Å². The highest BCUT2D eigenvalue weighted by Crippen LogP contribution is 2.69. The molecule has 1 aromatic carbocycles. The van der Waals surface area contributed by atoms with Crippen molar-refractivity contribution in [2.24, 2.45) is 34.3 Å². The molecule has 64 heavy (non-hydrogen) atoms. The molecule has 0 unspecified atom stereocenters. The van der Waals surface area contributed by atoms with Crippen LogP contribution in [0.25, 0.3) is 0 Å². The number of aliphatic carboxylic acids is 2. The number of carbonyl (C=O) groups excluding carboxylic acids is 5. The first-order chi connectivity index (χ1) is 30.0. The van der Waals surface area contributed by atoms with Crippen LogP contribution in [0.5, 0.6) is 5.75 Å². The fourth-order valence-corrected chi connectivity index (χ4v) is 9.98. The van der Waals surface area contributed by atoms with E-state index >= 15 is 0 Å². The monoisotopic (exact) mass is 897 g/mol. The van der Waals surface area contributed by atoms with Crippen LogP contribution >= 0.6 is 0 Å². The van der Waals surface area contributed by atoms with E-state index in [2.05, 4.69) is 42.0 Å². The zero-order valence-corrected chi connectivity index (χ0v) is 38.3. The number of rotatable bonds is 22. The molecule has 5 fully saturated rings. The van der Waals surface area contributed by atoms with E-state index in [1.54, 1.807) is 39.8 Å². The molecule has 2 bridgehead atoms. The van der Waals surface area contributed by atoms with Crippen LogP contribution in [-0.2, 0) is 49.3 Å². The van der Waals surface area contributed by atoms with Gasteiger partial charge in [-0.2, -0.15) is 0 Å². The summed E-state index contributed by atoms with van der Waals surface area (Å²) in [6, 6.07) is 0.974. The lowest BCUT2D eigenvalue weighted by atomic mass is 9.39. The van der Waals surface area contributed by atoms with Crippen LogP contribution in [0.2, 0.25) is 0 Å². The Bertz CT molecular complexity index is 1880. The lowest BCUT2D eigenvalue weighted by Gasteiger charge is -2.67. The van der Waals surface area contributed by atoms with Crippen molar-refractivity contribution >= 4 is 48.6 Å². The minimum atomic E-state index is -1.51. The first-order valence-corrected chi connectivity index (χ1v) is 22.8. The maximum atomic E-state index is 14.4. The van der Waals surface area contributed by atoms with Crippen LogP contribution < -0.4 is 27.0 Å². The molecule has 0 radical (unpaired) electrons. The lowest BCUT2D eigenvalue weighted by molar-refractivity contribution is -0.220. The van der Waals surface area contributed by atoms with Crippen LogP contribution in [0, 0.1) is 28.6 Å². The number of nitrogens with zero attached hydrogens (tertiary/aromatic N) is 1. The number of nitrogens with one attached hydrogen (secondary N) is 4. The third kappa shape index (κ3) is 11.5. The Morgan fingerprint density at radius 2 is 1.50 bits per heavy atom. The van der Waals surface area contributed by atoms with E-state index in [1.165, 1.54) is 4.90 Å². The molecule has 3 aliphatic carbocycles. The Morgan fingerprint density at radius 1 is 0.844 bits per heavy atom. The van der Waals surface area contributed by atoms with Crippen LogP contribution in [0.4, 0.5) is 0 Å². The number of benzene rings is 1. The molecule has 5 amide bonds. The Morgan fingerprint density at radius 3 is 2.11 bits per heavy atom. The van der Waals surface area contributed by atoms with E-state index in [0.717, 1.165) is 37.7 Å². The summed E-state index contributed by atoms with van der Waals surface area (Å²) in [7, 11) is -0.672. The summed E-state index contributed by atoms with van der Waals surface area (Å²) in [5.74, 6) is -6.73. The molecular formula is C45H69BN6O12. The number of nitrogens with two attached hydrogens (primary N) is 1. The Hall–Kier alpha value is -4.75. The average Bonchev–Trinajstić information content (AvgIpc) is 3.90. The molecule has 0 spiro atoms. The highest BCUT2D eigenvalue weighted by Gasteiger charge is 2.69. The largest absolute Gasteiger partial charge is 0.508 e. The van der Waals surface area contributed by atoms with Gasteiger partial charge < -0.3 is 56.5 Å². The summed E-state index contributed by atoms with van der Waals surface area (Å²) in [4.78, 5) is 92.8. The summed E-state index contributed by atoms with van der Waals surface area (Å²) in [5, 5.41) is 38.9. The van der Waals surface area contributed by atoms with Crippen molar-refractivity contribution in [3.05, 3.63) is 29.8 Å². The number of likely N-dealkylation sites (tertiary alicyclic amines) is 1. The minimum absolute atomic E-state index is 0.0550. The summed E-state index contributed by atoms with van der Waals surface area (Å²) in [5.41, 5.74) is 6.80. The lowest BCUT2D eigenvalue weighted by Crippen LogP contribution is -2.66. The van der Waals surface area contributed by atoms with Crippen molar-refractivity contribution in [3.8, 4) is 5.75 Å². The average molecular weight is 897 g/mol. The Labute approximate surface area is 376 Å². The van der Waals surface area contributed by atoms with Crippen LogP contribution in [0.3, 0.4) is 0 Å². The summed E-state index contributed by atoms with van der Waals surface area (Å²) in [6.45, 7) is 14.0. The van der Waals surface area contributed by atoms with Gasteiger partial charge in [-0.1, -0.05) is 67.0 Å². The zero-order chi connectivity index (χ0) is 47.3. The van der Waals surface area contributed by atoms with Gasteiger partial charge in [0.15, 0.2) is 0 Å². The predicted octanol–water partition coefficient (Wildman–Crippen LogP) is 2.28. The second-order valence-electron chi connectivity index (χ2n) is 19.8. The van der Waals surface area contributed by atoms with Gasteiger partial charge in [-0.25, -0.2) is 0 Å². The first kappa shape index (κ1) is 50.3. The fourth-order valence-electron chi connectivity index (χ4n) is 9.98. The Balaban J connectivity index is 1.26. The third-order valence-corrected chi connectivity index (χ3v) is 14.4. The molecular weight excluding hydrogens is 827 g/mol. The zero-order valence-electron chi connectivity index (χ0n) is 38.3. The fraction of sp³-hybridized carbons (Fsp3) is 0.711. The van der Waals surface area contributed by atoms with E-state index in [0.29, 0.717) is 25.2 Å². The van der Waals surface area contributed by atoms with E-state index < -0.39 is 104 Å². The number of carbonyl (C=O) groups is 7. The molecule has 19 heteroatoms. The second-order valence-corrected chi connectivity index (χ2v) is 19.8. The molecule has 2 aliphatic heterocycles. The van der Waals surface area contributed by atoms with Gasteiger partial charge in [0, 0.05) is 18.4 Å². The van der Waals surface area contributed by atoms with E-state index in [-0.39, 0.29) is 47.7 Å². The summed E-state index contributed by atoms with van der Waals surface area (Å²) < 4.78 is 13.4. The van der Waals surface area contributed by atoms with Crippen LogP contribution in [0.1, 0.15) is 118 Å². The maximum absolute atomic E-state index is 14.4. The Kier molecular flexibility index (Phi) is 16.5. The van der Waals surface area contributed by atoms with E-state index in [1.807, 2.05) is 12.1 Å². The number of amides is 5. The van der Waals surface area contributed by atoms with Gasteiger partial charge in [0.1, 0.15) is 29.9 Å². The van der Waals surface area contributed by atoms with Crippen molar-refractivity contribution in [2.45, 2.75) is 167 Å². The molecule has 5 aliphatic rings. The number of phenols is 1. The predicted molar refractivity (Wildman–Crippen MR) is 235 cm³/mol. The number of aryl methyl sites for hydroxylation is 1. The minimum Gasteiger partial charge on any atom is -0.508 e. The normalized spacial score (nSPS) is 25.6. The third-order valence-electron chi connectivity index (χ3n) is 14.4. The van der Waals surface area contributed by atoms with E-state index in [9.17, 15) is 43.8 Å². The highest BCUT2D eigenvalue weighted by molar-refractivity contribution is 6.47. The van der Waals surface area contributed by atoms with Gasteiger partial charge in [-0.15, -0.1) is 0 Å². The van der Waals surface area contributed by atoms with Gasteiger partial charge in [0.05, 0.1) is 30.6 Å². The molecule has 2 heterocycles. The number of carboxylic acid groups (broad SMARTS) is 2. The smallest absolute Gasteiger partial charge is 0.481 e. The number of hydrogen-bond acceptors (Lipinski definition) is 11. The van der Waals surface area contributed by atoms with Gasteiger partial charge in [-0.05, 0) is 92.2 Å². The van der Waals surface area contributed by atoms with Gasteiger partial charge >= 0.3 is 19.1 Å².